The molecule has 4 aromatic carbocycles. The number of fused-ring (bicyclic) bond motifs is 3. The zero-order valence-electron chi connectivity index (χ0n) is 29.9. The van der Waals surface area contributed by atoms with Crippen molar-refractivity contribution in [2.45, 2.75) is 52.6 Å². The molecule has 0 saturated heterocycles. The molecule has 5 N–H and O–H groups in total. The zero-order valence-corrected chi connectivity index (χ0v) is 29.9. The highest BCUT2D eigenvalue weighted by atomic mass is 16.3. The lowest BCUT2D eigenvalue weighted by atomic mass is 10.0. The summed E-state index contributed by atoms with van der Waals surface area (Å²) < 4.78 is 2.03. The van der Waals surface area contributed by atoms with Crippen molar-refractivity contribution in [2.75, 3.05) is 11.1 Å². The minimum Gasteiger partial charge on any atom is -0.507 e. The number of benzene rings is 4. The first kappa shape index (κ1) is 37.4. The van der Waals surface area contributed by atoms with E-state index in [0.717, 1.165) is 44.3 Å². The Balaban J connectivity index is 0.000000185. The highest BCUT2D eigenvalue weighted by Crippen LogP contribution is 2.40. The van der Waals surface area contributed by atoms with Gasteiger partial charge in [-0.1, -0.05) is 77.6 Å². The van der Waals surface area contributed by atoms with E-state index in [1.54, 1.807) is 24.4 Å². The van der Waals surface area contributed by atoms with Crippen LogP contribution in [-0.4, -0.2) is 41.9 Å². The Hall–Kier alpha value is -6.40. The highest BCUT2D eigenvalue weighted by Gasteiger charge is 2.22. The predicted molar refractivity (Wildman–Crippen MR) is 211 cm³/mol. The van der Waals surface area contributed by atoms with Crippen molar-refractivity contribution >= 4 is 45.1 Å². The summed E-state index contributed by atoms with van der Waals surface area (Å²) in [5.41, 5.74) is 7.77. The molecule has 0 atom stereocenters. The van der Waals surface area contributed by atoms with E-state index in [2.05, 4.69) is 35.9 Å². The summed E-state index contributed by atoms with van der Waals surface area (Å²) in [6.07, 6.45) is 4.33. The lowest BCUT2D eigenvalue weighted by Crippen LogP contribution is -2.27. The van der Waals surface area contributed by atoms with Gasteiger partial charge in [0.25, 0.3) is 12.1 Å². The van der Waals surface area contributed by atoms with Crippen LogP contribution in [0.25, 0.3) is 43.3 Å². The van der Waals surface area contributed by atoms with Gasteiger partial charge in [-0.05, 0) is 78.7 Å². The Morgan fingerprint density at radius 3 is 1.88 bits per heavy atom. The molecule has 0 fully saturated rings. The van der Waals surface area contributed by atoms with Crippen LogP contribution in [0.15, 0.2) is 122 Å². The second-order valence-corrected chi connectivity index (χ2v) is 13.7. The Labute approximate surface area is 298 Å². The molecule has 7 aromatic rings. The van der Waals surface area contributed by atoms with E-state index in [-0.39, 0.29) is 22.6 Å². The summed E-state index contributed by atoms with van der Waals surface area (Å²) in [5.74, 6) is 1.73. The molecule has 0 aliphatic heterocycles. The summed E-state index contributed by atoms with van der Waals surface area (Å²) in [6.45, 7) is 17.1. The minimum atomic E-state index is -0.138. The zero-order chi connectivity index (χ0) is 37.2. The Morgan fingerprint density at radius 1 is 0.765 bits per heavy atom. The number of imidazole rings is 1. The maximum absolute atomic E-state index is 10.7. The fraction of sp³-hybridized carbons (Fsp3) is 0.190. The maximum atomic E-state index is 10.7. The smallest absolute Gasteiger partial charge is 0.272 e. The van der Waals surface area contributed by atoms with Gasteiger partial charge in [0.1, 0.15) is 34.5 Å². The van der Waals surface area contributed by atoms with Crippen molar-refractivity contribution in [3.63, 3.8) is 0 Å². The molecule has 3 heterocycles. The number of pyridine rings is 2. The molecule has 9 heteroatoms. The van der Waals surface area contributed by atoms with Crippen LogP contribution >= 0.6 is 0 Å². The number of aromatic hydroxyl groups is 2. The van der Waals surface area contributed by atoms with Gasteiger partial charge >= 0.3 is 0 Å². The second-order valence-electron chi connectivity index (χ2n) is 13.7. The number of aromatic nitrogens is 3. The van der Waals surface area contributed by atoms with Gasteiger partial charge in [0.05, 0.1) is 11.1 Å². The Bertz CT molecular complexity index is 2280. The number of anilines is 2. The average Bonchev–Trinajstić information content (AvgIpc) is 3.45. The molecule has 0 aliphatic carbocycles. The fourth-order valence-corrected chi connectivity index (χ4v) is 4.94. The number of carbonyl (C=O) groups is 1. The number of phenols is 2. The van der Waals surface area contributed by atoms with Crippen LogP contribution < -0.4 is 11.1 Å². The number of nitrogens with zero attached hydrogens (tertiary/aromatic N) is 4. The number of nitrogens with two attached hydrogens (primary N) is 1. The molecule has 0 unspecified atom stereocenters. The van der Waals surface area contributed by atoms with Gasteiger partial charge in [-0.25, -0.2) is 9.97 Å². The molecule has 0 spiro atoms. The fourth-order valence-electron chi connectivity index (χ4n) is 4.94. The van der Waals surface area contributed by atoms with E-state index in [1.165, 1.54) is 6.07 Å². The largest absolute Gasteiger partial charge is 0.507 e. The molecule has 0 bridgehead atoms. The van der Waals surface area contributed by atoms with Gasteiger partial charge < -0.3 is 21.3 Å². The molecule has 0 radical (unpaired) electrons. The lowest BCUT2D eigenvalue weighted by molar-refractivity contribution is 0.112. The van der Waals surface area contributed by atoms with Crippen LogP contribution in [0, 0.1) is 6.57 Å². The summed E-state index contributed by atoms with van der Waals surface area (Å²) >= 11 is 0. The molecular formula is C42H45N6O3+. The van der Waals surface area contributed by atoms with E-state index >= 15 is 0 Å². The summed E-state index contributed by atoms with van der Waals surface area (Å²) in [6, 6.07) is 33.9. The van der Waals surface area contributed by atoms with Gasteiger partial charge in [0.2, 0.25) is 0 Å². The highest BCUT2D eigenvalue weighted by molar-refractivity contribution is 6.02. The average molecular weight is 682 g/mol. The molecule has 0 amide bonds. The SMILES string of the molecule is C#[N+]C(C)(C)C.CC(C)(C)Nc1c(-c2c(O)ccc3ccccc23)nc2ccccn12.Nc1ccccn1.O=Cc1c(O)ccc2ccccc12. The van der Waals surface area contributed by atoms with Crippen molar-refractivity contribution in [3.05, 3.63) is 132 Å². The topological polar surface area (TPSA) is 130 Å². The normalized spacial score (nSPS) is 10.8. The number of phenolic OH excluding ortho intramolecular Hbond substituents is 2. The van der Waals surface area contributed by atoms with Crippen molar-refractivity contribution in [1.29, 1.82) is 0 Å². The molecule has 51 heavy (non-hydrogen) atoms. The van der Waals surface area contributed by atoms with E-state index < -0.39 is 0 Å². The van der Waals surface area contributed by atoms with Crippen LogP contribution in [0.3, 0.4) is 0 Å². The number of hydrogen-bond acceptors (Lipinski definition) is 7. The third-order valence-corrected chi connectivity index (χ3v) is 7.31. The molecule has 0 aliphatic rings. The van der Waals surface area contributed by atoms with E-state index in [0.29, 0.717) is 17.7 Å². The molecule has 9 nitrogen and oxygen atoms in total. The predicted octanol–water partition coefficient (Wildman–Crippen LogP) is 9.84. The van der Waals surface area contributed by atoms with E-state index in [9.17, 15) is 15.0 Å². The van der Waals surface area contributed by atoms with Gasteiger partial charge in [0.15, 0.2) is 6.29 Å². The number of carbonyl (C=O) groups excluding carboxylic acids is 1. The minimum absolute atomic E-state index is 0.0358. The molecular weight excluding hydrogens is 637 g/mol. The summed E-state index contributed by atoms with van der Waals surface area (Å²) in [4.78, 5) is 22.8. The third-order valence-electron chi connectivity index (χ3n) is 7.31. The third kappa shape index (κ3) is 10.1. The molecule has 3 aromatic heterocycles. The van der Waals surface area contributed by atoms with Crippen molar-refractivity contribution in [3.8, 4) is 29.3 Å². The van der Waals surface area contributed by atoms with Crippen molar-refractivity contribution in [1.82, 2.24) is 14.4 Å². The maximum Gasteiger partial charge on any atom is 0.272 e. The summed E-state index contributed by atoms with van der Waals surface area (Å²) in [7, 11) is 0. The quantitative estimate of drug-likeness (QED) is 0.137. The van der Waals surface area contributed by atoms with Gasteiger partial charge in [-0.2, -0.15) is 0 Å². The van der Waals surface area contributed by atoms with Crippen LogP contribution in [0.2, 0.25) is 0 Å². The number of nitrogen functional groups attached to an aromatic ring is 1. The molecule has 0 saturated carbocycles. The van der Waals surface area contributed by atoms with Gasteiger partial charge in [-0.3, -0.25) is 9.20 Å². The Morgan fingerprint density at radius 2 is 1.33 bits per heavy atom. The first-order valence-electron chi connectivity index (χ1n) is 16.4. The monoisotopic (exact) mass is 681 g/mol. The number of aldehydes is 1. The number of rotatable bonds is 3. The first-order chi connectivity index (χ1) is 24.2. The molecule has 260 valence electrons. The number of hydrogen-bond donors (Lipinski definition) is 4. The van der Waals surface area contributed by atoms with E-state index in [1.807, 2.05) is 116 Å². The lowest BCUT2D eigenvalue weighted by Gasteiger charge is -2.23. The van der Waals surface area contributed by atoms with Crippen LogP contribution in [-0.2, 0) is 0 Å². The Kier molecular flexibility index (Phi) is 12.0. The van der Waals surface area contributed by atoms with Gasteiger partial charge in [-0.15, -0.1) is 0 Å². The summed E-state index contributed by atoms with van der Waals surface area (Å²) in [5, 5.41) is 27.4. The van der Waals surface area contributed by atoms with Crippen LogP contribution in [0.4, 0.5) is 11.6 Å². The van der Waals surface area contributed by atoms with Crippen molar-refractivity contribution in [2.24, 2.45) is 0 Å². The second kappa shape index (κ2) is 16.3. The van der Waals surface area contributed by atoms with Crippen LogP contribution in [0.5, 0.6) is 11.5 Å². The van der Waals surface area contributed by atoms with E-state index in [4.69, 9.17) is 17.3 Å². The first-order valence-corrected chi connectivity index (χ1v) is 16.4. The van der Waals surface area contributed by atoms with Crippen LogP contribution in [0.1, 0.15) is 51.9 Å². The van der Waals surface area contributed by atoms with Gasteiger partial charge in [0, 0.05) is 38.7 Å². The molecule has 7 rings (SSSR count). The standard InChI is InChI=1S/C21H21N3O.C11H8O2.C5H6N2.C5H10N/c1-21(2,3)23-20-19(22-17-10-6-7-13-24(17)20)18-15-9-5-4-8-14(15)11-12-16(18)25;12-7-10-9-4-2-1-3-8(9)5-6-11(10)13;6-5-3-1-2-4-7-5;1-5(2,3)6-4/h4-13,23,25H,1-3H3;1-7,13H;1-4H,(H2,6,7);4H,1-3H3/q;;;+1. The van der Waals surface area contributed by atoms with Crippen molar-refractivity contribution < 1.29 is 15.0 Å². The number of nitrogens with one attached hydrogen (secondary N) is 1.